The van der Waals surface area contributed by atoms with Gasteiger partial charge in [0.15, 0.2) is 0 Å². The summed E-state index contributed by atoms with van der Waals surface area (Å²) in [5.74, 6) is -0.0620. The lowest BCUT2D eigenvalue weighted by atomic mass is 10.2. The molecule has 1 aromatic rings. The maximum absolute atomic E-state index is 12.5. The number of nitrogens with zero attached hydrogens (tertiary/aromatic N) is 3. The van der Waals surface area contributed by atoms with Crippen LogP contribution in [-0.2, 0) is 11.3 Å². The molecule has 1 unspecified atom stereocenters. The van der Waals surface area contributed by atoms with E-state index in [-0.39, 0.29) is 18.0 Å². The Kier molecular flexibility index (Phi) is 4.38. The van der Waals surface area contributed by atoms with E-state index < -0.39 is 0 Å². The fraction of sp³-hybridized carbons (Fsp3) is 0.643. The van der Waals surface area contributed by atoms with E-state index in [0.717, 1.165) is 44.5 Å². The van der Waals surface area contributed by atoms with Gasteiger partial charge in [-0.25, -0.2) is 9.78 Å². The molecule has 3 amide bonds. The zero-order valence-electron chi connectivity index (χ0n) is 12.0. The highest BCUT2D eigenvalue weighted by molar-refractivity contribution is 7.07. The summed E-state index contributed by atoms with van der Waals surface area (Å²) in [7, 11) is 0. The Hall–Kier alpha value is -1.63. The van der Waals surface area contributed by atoms with E-state index in [1.165, 1.54) is 11.3 Å². The molecule has 1 atom stereocenters. The molecule has 1 aromatic heterocycles. The second-order valence-corrected chi connectivity index (χ2v) is 6.24. The first-order valence-corrected chi connectivity index (χ1v) is 8.40. The van der Waals surface area contributed by atoms with E-state index in [4.69, 9.17) is 0 Å². The van der Waals surface area contributed by atoms with Gasteiger partial charge in [-0.05, 0) is 25.7 Å². The minimum atomic E-state index is -0.322. The lowest BCUT2D eigenvalue weighted by Gasteiger charge is -2.28. The van der Waals surface area contributed by atoms with Gasteiger partial charge < -0.3 is 15.1 Å². The van der Waals surface area contributed by atoms with E-state index >= 15 is 0 Å². The van der Waals surface area contributed by atoms with Crippen LogP contribution in [0.15, 0.2) is 10.9 Å². The Morgan fingerprint density at radius 3 is 2.81 bits per heavy atom. The van der Waals surface area contributed by atoms with Crippen molar-refractivity contribution in [2.75, 3.05) is 19.6 Å². The molecule has 3 heterocycles. The van der Waals surface area contributed by atoms with E-state index in [1.807, 2.05) is 10.3 Å². The molecule has 114 valence electrons. The minimum Gasteiger partial charge on any atom is -0.349 e. The van der Waals surface area contributed by atoms with Crippen LogP contribution < -0.4 is 5.32 Å². The number of aromatic nitrogens is 1. The van der Waals surface area contributed by atoms with Crippen LogP contribution in [0.5, 0.6) is 0 Å². The first-order valence-electron chi connectivity index (χ1n) is 7.46. The smallest absolute Gasteiger partial charge is 0.320 e. The highest BCUT2D eigenvalue weighted by atomic mass is 32.1. The molecule has 0 saturated carbocycles. The molecule has 2 fully saturated rings. The number of urea groups is 1. The number of carbonyl (C=O) groups excluding carboxylic acids is 2. The van der Waals surface area contributed by atoms with Crippen molar-refractivity contribution < 1.29 is 9.59 Å². The molecule has 2 saturated heterocycles. The average molecular weight is 308 g/mol. The van der Waals surface area contributed by atoms with Gasteiger partial charge in [-0.15, -0.1) is 11.3 Å². The number of likely N-dealkylation sites (tertiary alicyclic amines) is 2. The van der Waals surface area contributed by atoms with Gasteiger partial charge in [0, 0.05) is 25.0 Å². The second-order valence-electron chi connectivity index (χ2n) is 5.53. The summed E-state index contributed by atoms with van der Waals surface area (Å²) in [6.45, 7) is 2.76. The Balaban J connectivity index is 1.57. The van der Waals surface area contributed by atoms with Gasteiger partial charge in [-0.3, -0.25) is 4.79 Å². The largest absolute Gasteiger partial charge is 0.349 e. The third-order valence-electron chi connectivity index (χ3n) is 4.10. The molecule has 0 radical (unpaired) electrons. The van der Waals surface area contributed by atoms with Crippen LogP contribution in [0.4, 0.5) is 4.79 Å². The Labute approximate surface area is 128 Å². The van der Waals surface area contributed by atoms with Crippen LogP contribution in [0.1, 0.15) is 31.4 Å². The van der Waals surface area contributed by atoms with Crippen LogP contribution in [-0.4, -0.2) is 52.4 Å². The molecule has 2 aliphatic heterocycles. The van der Waals surface area contributed by atoms with Crippen LogP contribution in [0.3, 0.4) is 0 Å². The summed E-state index contributed by atoms with van der Waals surface area (Å²) in [6.07, 6.45) is 3.79. The van der Waals surface area contributed by atoms with E-state index in [1.54, 1.807) is 10.4 Å². The maximum Gasteiger partial charge on any atom is 0.320 e. The summed E-state index contributed by atoms with van der Waals surface area (Å²) in [6, 6.07) is -0.296. The van der Waals surface area contributed by atoms with Crippen molar-refractivity contribution in [3.05, 3.63) is 16.6 Å². The highest BCUT2D eigenvalue weighted by Crippen LogP contribution is 2.21. The van der Waals surface area contributed by atoms with Gasteiger partial charge in [0.2, 0.25) is 5.91 Å². The van der Waals surface area contributed by atoms with Gasteiger partial charge in [-0.1, -0.05) is 0 Å². The van der Waals surface area contributed by atoms with Crippen LogP contribution >= 0.6 is 11.3 Å². The standard InChI is InChI=1S/C14H20N4O2S/c19-13(15-8-11-9-21-10-16-11)12-4-3-7-18(12)14(20)17-5-1-2-6-17/h9-10,12H,1-8H2,(H,15,19). The van der Waals surface area contributed by atoms with Crippen molar-refractivity contribution in [1.82, 2.24) is 20.1 Å². The van der Waals surface area contributed by atoms with Crippen LogP contribution in [0.2, 0.25) is 0 Å². The summed E-state index contributed by atoms with van der Waals surface area (Å²) in [4.78, 5) is 32.5. The molecule has 2 aliphatic rings. The van der Waals surface area contributed by atoms with Crippen LogP contribution in [0, 0.1) is 0 Å². The lowest BCUT2D eigenvalue weighted by molar-refractivity contribution is -0.125. The first-order chi connectivity index (χ1) is 10.3. The summed E-state index contributed by atoms with van der Waals surface area (Å²) in [5, 5.41) is 4.81. The topological polar surface area (TPSA) is 65.5 Å². The molecule has 7 heteroatoms. The van der Waals surface area contributed by atoms with Crippen molar-refractivity contribution in [2.45, 2.75) is 38.3 Å². The van der Waals surface area contributed by atoms with Gasteiger partial charge in [-0.2, -0.15) is 0 Å². The molecule has 0 aliphatic carbocycles. The molecular weight excluding hydrogens is 288 g/mol. The molecule has 0 aromatic carbocycles. The maximum atomic E-state index is 12.5. The number of carbonyl (C=O) groups is 2. The monoisotopic (exact) mass is 308 g/mol. The number of amides is 3. The number of hydrogen-bond donors (Lipinski definition) is 1. The number of hydrogen-bond acceptors (Lipinski definition) is 4. The Bertz CT molecular complexity index is 499. The highest BCUT2D eigenvalue weighted by Gasteiger charge is 2.36. The zero-order chi connectivity index (χ0) is 14.7. The van der Waals surface area contributed by atoms with Crippen molar-refractivity contribution >= 4 is 23.3 Å². The summed E-state index contributed by atoms with van der Waals surface area (Å²) >= 11 is 1.51. The van der Waals surface area contributed by atoms with E-state index in [0.29, 0.717) is 13.1 Å². The number of rotatable bonds is 3. The predicted molar refractivity (Wildman–Crippen MR) is 79.9 cm³/mol. The fourth-order valence-electron chi connectivity index (χ4n) is 2.98. The summed E-state index contributed by atoms with van der Waals surface area (Å²) < 4.78 is 0. The van der Waals surface area contributed by atoms with Crippen molar-refractivity contribution in [3.63, 3.8) is 0 Å². The second kappa shape index (κ2) is 6.43. The number of thiazole rings is 1. The average Bonchev–Trinajstić information content (AvgIpc) is 3.26. The third kappa shape index (κ3) is 3.18. The minimum absolute atomic E-state index is 0.0267. The van der Waals surface area contributed by atoms with Gasteiger partial charge >= 0.3 is 6.03 Å². The zero-order valence-corrected chi connectivity index (χ0v) is 12.8. The van der Waals surface area contributed by atoms with Gasteiger partial charge in [0.25, 0.3) is 0 Å². The molecule has 0 spiro atoms. The van der Waals surface area contributed by atoms with Crippen molar-refractivity contribution in [3.8, 4) is 0 Å². The molecule has 3 rings (SSSR count). The van der Waals surface area contributed by atoms with Gasteiger partial charge in [0.05, 0.1) is 17.7 Å². The van der Waals surface area contributed by atoms with E-state index in [2.05, 4.69) is 10.3 Å². The number of nitrogens with one attached hydrogen (secondary N) is 1. The quantitative estimate of drug-likeness (QED) is 0.919. The van der Waals surface area contributed by atoms with Crippen molar-refractivity contribution in [1.29, 1.82) is 0 Å². The first kappa shape index (κ1) is 14.3. The normalized spacial score (nSPS) is 21.8. The predicted octanol–water partition coefficient (Wildman–Crippen LogP) is 1.44. The van der Waals surface area contributed by atoms with Crippen molar-refractivity contribution in [2.24, 2.45) is 0 Å². The Morgan fingerprint density at radius 1 is 1.29 bits per heavy atom. The molecule has 0 bridgehead atoms. The third-order valence-corrected chi connectivity index (χ3v) is 4.74. The van der Waals surface area contributed by atoms with Crippen LogP contribution in [0.25, 0.3) is 0 Å². The SMILES string of the molecule is O=C(NCc1cscn1)C1CCCN1C(=O)N1CCCC1. The molecule has 6 nitrogen and oxygen atoms in total. The lowest BCUT2D eigenvalue weighted by Crippen LogP contribution is -2.50. The molecular formula is C14H20N4O2S. The molecule has 21 heavy (non-hydrogen) atoms. The molecule has 1 N–H and O–H groups in total. The Morgan fingerprint density at radius 2 is 2.10 bits per heavy atom. The van der Waals surface area contributed by atoms with E-state index in [9.17, 15) is 9.59 Å². The summed E-state index contributed by atoms with van der Waals surface area (Å²) in [5.41, 5.74) is 2.61. The van der Waals surface area contributed by atoms with Gasteiger partial charge in [0.1, 0.15) is 6.04 Å². The fourth-order valence-corrected chi connectivity index (χ4v) is 3.54.